The molecule has 7 nitrogen and oxygen atoms in total. The van der Waals surface area contributed by atoms with Gasteiger partial charge in [-0.2, -0.15) is 0 Å². The largest absolute Gasteiger partial charge is 0.493 e. The van der Waals surface area contributed by atoms with Gasteiger partial charge in [-0.15, -0.1) is 0 Å². The van der Waals surface area contributed by atoms with Gasteiger partial charge < -0.3 is 29.6 Å². The summed E-state index contributed by atoms with van der Waals surface area (Å²) in [4.78, 5) is 12.3. The van der Waals surface area contributed by atoms with Crippen LogP contribution in [0.25, 0.3) is 12.2 Å². The van der Waals surface area contributed by atoms with Crippen molar-refractivity contribution in [2.24, 2.45) is 0 Å². The highest BCUT2D eigenvalue weighted by Crippen LogP contribution is 2.38. The molecular weight excluding hydrogens is 434 g/mol. The number of amides is 1. The summed E-state index contributed by atoms with van der Waals surface area (Å²) in [6, 6.07) is 9.05. The number of carbonyl (C=O) groups is 1. The Morgan fingerprint density at radius 2 is 1.64 bits per heavy atom. The van der Waals surface area contributed by atoms with Gasteiger partial charge in [0.05, 0.1) is 40.2 Å². The monoisotopic (exact) mass is 464 g/mol. The van der Waals surface area contributed by atoms with Crippen molar-refractivity contribution in [1.82, 2.24) is 5.32 Å². The lowest BCUT2D eigenvalue weighted by Gasteiger charge is -2.13. The van der Waals surface area contributed by atoms with E-state index in [0.29, 0.717) is 35.3 Å². The normalized spacial score (nSPS) is 11.0. The Bertz CT molecular complexity index is 925. The Balaban J connectivity index is 2.19. The van der Waals surface area contributed by atoms with Crippen LogP contribution in [0.15, 0.2) is 30.3 Å². The topological polar surface area (TPSA) is 78.1 Å². The molecule has 2 N–H and O–H groups in total. The zero-order valence-corrected chi connectivity index (χ0v) is 19.2. The Morgan fingerprint density at radius 1 is 0.970 bits per heavy atom. The first kappa shape index (κ1) is 25.9. The van der Waals surface area contributed by atoms with Crippen molar-refractivity contribution in [2.45, 2.75) is 19.8 Å². The smallest absolute Gasteiger partial charge is 0.250 e. The van der Waals surface area contributed by atoms with Crippen LogP contribution < -0.4 is 29.6 Å². The Kier molecular flexibility index (Phi) is 10.4. The average molecular weight is 465 g/mol. The van der Waals surface area contributed by atoms with Gasteiger partial charge in [0.2, 0.25) is 11.7 Å². The van der Waals surface area contributed by atoms with E-state index in [1.54, 1.807) is 33.5 Å². The Hall–Kier alpha value is -3.33. The van der Waals surface area contributed by atoms with E-state index in [4.69, 9.17) is 18.9 Å². The molecule has 0 saturated heterocycles. The molecule has 0 spiro atoms. The number of rotatable bonds is 13. The molecule has 0 bridgehead atoms. The van der Waals surface area contributed by atoms with E-state index >= 15 is 0 Å². The number of ether oxygens (including phenoxy) is 4. The second kappa shape index (κ2) is 13.3. The van der Waals surface area contributed by atoms with Crippen LogP contribution in [-0.4, -0.2) is 53.4 Å². The van der Waals surface area contributed by atoms with Gasteiger partial charge in [-0.1, -0.05) is 18.2 Å². The molecule has 0 aliphatic rings. The van der Waals surface area contributed by atoms with Crippen molar-refractivity contribution < 1.29 is 32.5 Å². The van der Waals surface area contributed by atoms with Gasteiger partial charge in [-0.25, -0.2) is 8.78 Å². The molecule has 0 atom stereocenters. The third kappa shape index (κ3) is 7.94. The lowest BCUT2D eigenvalue weighted by Crippen LogP contribution is -2.26. The minimum absolute atomic E-state index is 0.0593. The van der Waals surface area contributed by atoms with E-state index in [1.165, 1.54) is 0 Å². The molecule has 0 aliphatic heterocycles. The Morgan fingerprint density at radius 3 is 2.21 bits per heavy atom. The van der Waals surface area contributed by atoms with Gasteiger partial charge in [0.1, 0.15) is 5.75 Å². The van der Waals surface area contributed by atoms with Crippen molar-refractivity contribution in [1.29, 1.82) is 0 Å². The van der Waals surface area contributed by atoms with Crippen LogP contribution in [0, 0.1) is 0 Å². The van der Waals surface area contributed by atoms with Gasteiger partial charge in [-0.05, 0) is 42.3 Å². The second-order valence-electron chi connectivity index (χ2n) is 6.87. The van der Waals surface area contributed by atoms with Crippen molar-refractivity contribution in [2.75, 3.05) is 46.3 Å². The summed E-state index contributed by atoms with van der Waals surface area (Å²) in [5.41, 5.74) is 2.15. The van der Waals surface area contributed by atoms with Crippen molar-refractivity contribution in [3.63, 3.8) is 0 Å². The second-order valence-corrected chi connectivity index (χ2v) is 6.87. The fourth-order valence-electron chi connectivity index (χ4n) is 3.05. The fraction of sp³-hybridized carbons (Fsp3) is 0.375. The molecule has 9 heteroatoms. The quantitative estimate of drug-likeness (QED) is 0.337. The average Bonchev–Trinajstić information content (AvgIpc) is 2.81. The molecule has 0 heterocycles. The molecule has 0 aromatic heterocycles. The maximum absolute atomic E-state index is 12.3. The third-order valence-corrected chi connectivity index (χ3v) is 4.56. The van der Waals surface area contributed by atoms with E-state index in [9.17, 15) is 13.6 Å². The number of halogens is 2. The summed E-state index contributed by atoms with van der Waals surface area (Å²) in [6.07, 6.45) is 1.35. The molecule has 0 unspecified atom stereocenters. The number of benzene rings is 2. The first-order valence-electron chi connectivity index (χ1n) is 10.4. The molecule has 2 aromatic rings. The number of methoxy groups -OCH3 is 3. The Labute approximate surface area is 192 Å². The molecule has 0 saturated carbocycles. The molecule has 33 heavy (non-hydrogen) atoms. The maximum atomic E-state index is 12.3. The lowest BCUT2D eigenvalue weighted by atomic mass is 10.1. The van der Waals surface area contributed by atoms with Crippen LogP contribution in [0.1, 0.15) is 24.5 Å². The van der Waals surface area contributed by atoms with Gasteiger partial charge >= 0.3 is 0 Å². The number of carbonyl (C=O) groups excluding carboxylic acids is 1. The maximum Gasteiger partial charge on any atom is 0.250 e. The summed E-state index contributed by atoms with van der Waals surface area (Å²) in [5, 5.41) is 5.33. The molecule has 2 aromatic carbocycles. The summed E-state index contributed by atoms with van der Waals surface area (Å²) in [6.45, 7) is 1.98. The van der Waals surface area contributed by atoms with E-state index in [1.807, 2.05) is 37.3 Å². The van der Waals surface area contributed by atoms with Crippen LogP contribution in [-0.2, 0) is 4.79 Å². The standard InChI is InChI=1S/C24H30F2N2O5/c1-5-33-19-9-8-16(12-18(19)28-23(29)10-11-27-15-22(25)26)6-7-17-13-20(30-2)24(32-4)21(14-17)31-3/h6-9,12-14,22,27H,5,10-11,15H2,1-4H3,(H,28,29)/b7-6-. The first-order chi connectivity index (χ1) is 15.9. The fourth-order valence-corrected chi connectivity index (χ4v) is 3.05. The van der Waals surface area contributed by atoms with E-state index < -0.39 is 13.0 Å². The van der Waals surface area contributed by atoms with E-state index in [0.717, 1.165) is 11.1 Å². The summed E-state index contributed by atoms with van der Waals surface area (Å²) >= 11 is 0. The highest BCUT2D eigenvalue weighted by molar-refractivity contribution is 5.93. The highest BCUT2D eigenvalue weighted by atomic mass is 19.3. The number of hydrogen-bond acceptors (Lipinski definition) is 6. The molecule has 180 valence electrons. The van der Waals surface area contributed by atoms with Gasteiger partial charge in [0, 0.05) is 13.0 Å². The van der Waals surface area contributed by atoms with Crippen molar-refractivity contribution in [3.05, 3.63) is 41.5 Å². The summed E-state index contributed by atoms with van der Waals surface area (Å²) in [7, 11) is 4.64. The zero-order valence-electron chi connectivity index (χ0n) is 19.2. The van der Waals surface area contributed by atoms with Crippen molar-refractivity contribution in [3.8, 4) is 23.0 Å². The van der Waals surface area contributed by atoms with Gasteiger partial charge in [-0.3, -0.25) is 4.79 Å². The number of hydrogen-bond donors (Lipinski definition) is 2. The summed E-state index contributed by atoms with van der Waals surface area (Å²) in [5.74, 6) is 1.80. The minimum Gasteiger partial charge on any atom is -0.493 e. The molecular formula is C24H30F2N2O5. The molecule has 0 fully saturated rings. The lowest BCUT2D eigenvalue weighted by molar-refractivity contribution is -0.116. The predicted molar refractivity (Wildman–Crippen MR) is 125 cm³/mol. The van der Waals surface area contributed by atoms with Gasteiger partial charge in [0.15, 0.2) is 11.5 Å². The van der Waals surface area contributed by atoms with Crippen LogP contribution in [0.3, 0.4) is 0 Å². The van der Waals surface area contributed by atoms with Gasteiger partial charge in [0.25, 0.3) is 6.43 Å². The van der Waals surface area contributed by atoms with Crippen LogP contribution in [0.5, 0.6) is 23.0 Å². The predicted octanol–water partition coefficient (Wildman–Crippen LogP) is 4.46. The van der Waals surface area contributed by atoms with E-state index in [-0.39, 0.29) is 18.9 Å². The van der Waals surface area contributed by atoms with E-state index in [2.05, 4.69) is 10.6 Å². The SMILES string of the molecule is CCOc1ccc(/C=C\c2cc(OC)c(OC)c(OC)c2)cc1NC(=O)CCNCC(F)F. The van der Waals surface area contributed by atoms with Crippen LogP contribution >= 0.6 is 0 Å². The minimum atomic E-state index is -2.45. The van der Waals surface area contributed by atoms with Crippen LogP contribution in [0.2, 0.25) is 0 Å². The highest BCUT2D eigenvalue weighted by Gasteiger charge is 2.13. The molecule has 1 amide bonds. The number of alkyl halides is 2. The molecule has 0 radical (unpaired) electrons. The zero-order chi connectivity index (χ0) is 24.2. The van der Waals surface area contributed by atoms with Crippen LogP contribution in [0.4, 0.5) is 14.5 Å². The number of nitrogens with one attached hydrogen (secondary N) is 2. The third-order valence-electron chi connectivity index (χ3n) is 4.56. The molecule has 2 rings (SSSR count). The summed E-state index contributed by atoms with van der Waals surface area (Å²) < 4.78 is 46.1. The number of anilines is 1. The van der Waals surface area contributed by atoms with Crippen molar-refractivity contribution >= 4 is 23.7 Å². The molecule has 0 aliphatic carbocycles. The first-order valence-corrected chi connectivity index (χ1v) is 10.4.